The van der Waals surface area contributed by atoms with Crippen LogP contribution >= 0.6 is 11.3 Å². The number of rotatable bonds is 3. The summed E-state index contributed by atoms with van der Waals surface area (Å²) in [5, 5.41) is 2.58. The van der Waals surface area contributed by atoms with E-state index in [-0.39, 0.29) is 0 Å². The largest absolute Gasteiger partial charge is 0.421 e. The molecule has 1 aromatic carbocycles. The van der Waals surface area contributed by atoms with Crippen LogP contribution in [0.5, 0.6) is 5.75 Å². The molecule has 0 aliphatic carbocycles. The quantitative estimate of drug-likeness (QED) is 0.617. The van der Waals surface area contributed by atoms with Gasteiger partial charge in [-0.1, -0.05) is 25.1 Å². The van der Waals surface area contributed by atoms with E-state index in [1.54, 1.807) is 11.4 Å². The average Bonchev–Trinajstić information content (AvgIpc) is 2.77. The summed E-state index contributed by atoms with van der Waals surface area (Å²) in [4.78, 5) is 15.9. The minimum atomic E-state index is -0.393. The molecule has 0 amide bonds. The van der Waals surface area contributed by atoms with Crippen molar-refractivity contribution in [3.63, 3.8) is 0 Å². The summed E-state index contributed by atoms with van der Waals surface area (Å²) in [6, 6.07) is 7.54. The number of para-hydroxylation sites is 1. The standard InChI is InChI=1S/C13H13NO2S/c1-3-10-6-4-5-7-12(10)16-13(15)11-8-17-9(2)14-11/h4-8H,3H2,1-2H3. The predicted molar refractivity (Wildman–Crippen MR) is 67.6 cm³/mol. The van der Waals surface area contributed by atoms with Crippen LogP contribution in [0.3, 0.4) is 0 Å². The molecule has 0 saturated heterocycles. The predicted octanol–water partition coefficient (Wildman–Crippen LogP) is 3.23. The molecule has 4 heteroatoms. The molecule has 3 nitrogen and oxygen atoms in total. The van der Waals surface area contributed by atoms with E-state index in [1.165, 1.54) is 11.3 Å². The number of benzene rings is 1. The number of hydrogen-bond acceptors (Lipinski definition) is 4. The van der Waals surface area contributed by atoms with Crippen molar-refractivity contribution in [1.82, 2.24) is 4.98 Å². The Morgan fingerprint density at radius 3 is 2.82 bits per heavy atom. The fourth-order valence-corrected chi connectivity index (χ4v) is 2.09. The lowest BCUT2D eigenvalue weighted by Crippen LogP contribution is -2.10. The zero-order valence-electron chi connectivity index (χ0n) is 9.77. The summed E-state index contributed by atoms with van der Waals surface area (Å²) in [7, 11) is 0. The van der Waals surface area contributed by atoms with Gasteiger partial charge in [0.2, 0.25) is 0 Å². The molecule has 88 valence electrons. The Kier molecular flexibility index (Phi) is 3.54. The van der Waals surface area contributed by atoms with Crippen LogP contribution in [-0.2, 0) is 6.42 Å². The first-order valence-corrected chi connectivity index (χ1v) is 6.31. The first-order valence-electron chi connectivity index (χ1n) is 5.43. The molecule has 0 unspecified atom stereocenters. The number of carbonyl (C=O) groups is 1. The van der Waals surface area contributed by atoms with E-state index < -0.39 is 5.97 Å². The number of aromatic nitrogens is 1. The number of nitrogens with zero attached hydrogens (tertiary/aromatic N) is 1. The Hall–Kier alpha value is -1.68. The maximum Gasteiger partial charge on any atom is 0.363 e. The molecule has 0 aliphatic rings. The van der Waals surface area contributed by atoms with Crippen LogP contribution in [0.4, 0.5) is 0 Å². The van der Waals surface area contributed by atoms with Crippen molar-refractivity contribution in [2.75, 3.05) is 0 Å². The van der Waals surface area contributed by atoms with Crippen molar-refractivity contribution < 1.29 is 9.53 Å². The van der Waals surface area contributed by atoms with Gasteiger partial charge in [-0.25, -0.2) is 9.78 Å². The smallest absolute Gasteiger partial charge is 0.363 e. The Morgan fingerprint density at radius 2 is 2.18 bits per heavy atom. The van der Waals surface area contributed by atoms with Gasteiger partial charge in [-0.3, -0.25) is 0 Å². The molecule has 0 bridgehead atoms. The monoisotopic (exact) mass is 247 g/mol. The Bertz CT molecular complexity index is 534. The normalized spacial score (nSPS) is 10.2. The van der Waals surface area contributed by atoms with Gasteiger partial charge in [0.05, 0.1) is 5.01 Å². The van der Waals surface area contributed by atoms with Crippen LogP contribution in [-0.4, -0.2) is 11.0 Å². The highest BCUT2D eigenvalue weighted by atomic mass is 32.1. The molecule has 0 spiro atoms. The summed E-state index contributed by atoms with van der Waals surface area (Å²) in [6.07, 6.45) is 0.833. The van der Waals surface area contributed by atoms with Gasteiger partial charge in [0.25, 0.3) is 0 Å². The second-order valence-electron chi connectivity index (χ2n) is 3.60. The van der Waals surface area contributed by atoms with E-state index in [1.807, 2.05) is 32.0 Å². The summed E-state index contributed by atoms with van der Waals surface area (Å²) in [5.41, 5.74) is 1.39. The first-order chi connectivity index (χ1) is 8.20. The fourth-order valence-electron chi connectivity index (χ4n) is 1.50. The fraction of sp³-hybridized carbons (Fsp3) is 0.231. The number of carbonyl (C=O) groups excluding carboxylic acids is 1. The minimum absolute atomic E-state index is 0.374. The topological polar surface area (TPSA) is 39.2 Å². The molecule has 1 aromatic heterocycles. The lowest BCUT2D eigenvalue weighted by molar-refractivity contribution is 0.0727. The van der Waals surface area contributed by atoms with Gasteiger partial charge in [0.1, 0.15) is 5.75 Å². The van der Waals surface area contributed by atoms with Crippen LogP contribution in [0.15, 0.2) is 29.6 Å². The van der Waals surface area contributed by atoms with Gasteiger partial charge in [-0.15, -0.1) is 11.3 Å². The highest BCUT2D eigenvalue weighted by Crippen LogP contribution is 2.20. The van der Waals surface area contributed by atoms with Gasteiger partial charge in [-0.05, 0) is 25.0 Å². The molecule has 17 heavy (non-hydrogen) atoms. The van der Waals surface area contributed by atoms with E-state index in [4.69, 9.17) is 4.74 Å². The molecule has 2 rings (SSSR count). The van der Waals surface area contributed by atoms with Crippen molar-refractivity contribution in [2.45, 2.75) is 20.3 Å². The van der Waals surface area contributed by atoms with Crippen molar-refractivity contribution in [1.29, 1.82) is 0 Å². The molecular weight excluding hydrogens is 234 g/mol. The van der Waals surface area contributed by atoms with Crippen molar-refractivity contribution in [3.8, 4) is 5.75 Å². The van der Waals surface area contributed by atoms with E-state index in [0.717, 1.165) is 17.0 Å². The zero-order chi connectivity index (χ0) is 12.3. The van der Waals surface area contributed by atoms with Crippen LogP contribution in [0, 0.1) is 6.92 Å². The second-order valence-corrected chi connectivity index (χ2v) is 4.66. The van der Waals surface area contributed by atoms with Gasteiger partial charge < -0.3 is 4.74 Å². The lowest BCUT2D eigenvalue weighted by atomic mass is 10.1. The number of esters is 1. The summed E-state index contributed by atoms with van der Waals surface area (Å²) >= 11 is 1.44. The number of hydrogen-bond donors (Lipinski definition) is 0. The zero-order valence-corrected chi connectivity index (χ0v) is 10.6. The molecule has 1 heterocycles. The molecule has 0 aliphatic heterocycles. The van der Waals surface area contributed by atoms with Crippen molar-refractivity contribution in [3.05, 3.63) is 45.9 Å². The maximum absolute atomic E-state index is 11.8. The second kappa shape index (κ2) is 5.10. The molecule has 0 saturated carbocycles. The van der Waals surface area contributed by atoms with Crippen LogP contribution in [0.1, 0.15) is 28.0 Å². The maximum atomic E-state index is 11.8. The van der Waals surface area contributed by atoms with E-state index in [9.17, 15) is 4.79 Å². The molecule has 0 fully saturated rings. The Morgan fingerprint density at radius 1 is 1.41 bits per heavy atom. The Balaban J connectivity index is 2.18. The van der Waals surface area contributed by atoms with Gasteiger partial charge in [-0.2, -0.15) is 0 Å². The number of thiazole rings is 1. The van der Waals surface area contributed by atoms with Crippen LogP contribution in [0.2, 0.25) is 0 Å². The third kappa shape index (κ3) is 2.71. The van der Waals surface area contributed by atoms with Crippen molar-refractivity contribution >= 4 is 17.3 Å². The SMILES string of the molecule is CCc1ccccc1OC(=O)c1csc(C)n1. The van der Waals surface area contributed by atoms with Crippen LogP contribution in [0.25, 0.3) is 0 Å². The summed E-state index contributed by atoms with van der Waals surface area (Å²) in [6.45, 7) is 3.89. The third-order valence-corrected chi connectivity index (χ3v) is 3.16. The first kappa shape index (κ1) is 11.8. The van der Waals surface area contributed by atoms with E-state index >= 15 is 0 Å². The molecular formula is C13H13NO2S. The third-order valence-electron chi connectivity index (χ3n) is 2.38. The van der Waals surface area contributed by atoms with Gasteiger partial charge in [0.15, 0.2) is 5.69 Å². The molecule has 0 N–H and O–H groups in total. The Labute approximate surface area is 104 Å². The summed E-state index contributed by atoms with van der Waals surface area (Å²) < 4.78 is 5.34. The highest BCUT2D eigenvalue weighted by Gasteiger charge is 2.13. The average molecular weight is 247 g/mol. The van der Waals surface area contributed by atoms with Crippen molar-refractivity contribution in [2.24, 2.45) is 0 Å². The van der Waals surface area contributed by atoms with Crippen LogP contribution < -0.4 is 4.74 Å². The molecule has 2 aromatic rings. The number of aryl methyl sites for hydroxylation is 2. The summed E-state index contributed by atoms with van der Waals surface area (Å²) in [5.74, 6) is 0.223. The van der Waals surface area contributed by atoms with Gasteiger partial charge >= 0.3 is 5.97 Å². The van der Waals surface area contributed by atoms with E-state index in [2.05, 4.69) is 4.98 Å². The lowest BCUT2D eigenvalue weighted by Gasteiger charge is -2.06. The molecule has 0 radical (unpaired) electrons. The highest BCUT2D eigenvalue weighted by molar-refractivity contribution is 7.09. The molecule has 0 atom stereocenters. The minimum Gasteiger partial charge on any atom is -0.421 e. The van der Waals surface area contributed by atoms with E-state index in [0.29, 0.717) is 11.4 Å². The van der Waals surface area contributed by atoms with Gasteiger partial charge in [0, 0.05) is 5.38 Å². The number of ether oxygens (including phenoxy) is 1.